The van der Waals surface area contributed by atoms with Gasteiger partial charge in [0.2, 0.25) is 0 Å². The fraction of sp³-hybridized carbons (Fsp3) is 0.143. The molecule has 0 bridgehead atoms. The van der Waals surface area contributed by atoms with Crippen LogP contribution in [0.3, 0.4) is 0 Å². The molecule has 0 aliphatic rings. The minimum Gasteiger partial charge on any atom is -0.494 e. The monoisotopic (exact) mass is 373 g/mol. The summed E-state index contributed by atoms with van der Waals surface area (Å²) in [6.45, 7) is 1.80. The van der Waals surface area contributed by atoms with E-state index in [9.17, 15) is 13.2 Å². The van der Waals surface area contributed by atoms with E-state index in [4.69, 9.17) is 9.47 Å². The molecule has 3 rings (SSSR count). The first-order valence-corrected chi connectivity index (χ1v) is 8.29. The summed E-state index contributed by atoms with van der Waals surface area (Å²) in [6, 6.07) is 13.5. The molecule has 0 radical (unpaired) electrons. The van der Waals surface area contributed by atoms with Crippen molar-refractivity contribution >= 4 is 5.69 Å². The first kappa shape index (κ1) is 18.6. The highest BCUT2D eigenvalue weighted by Gasteiger charge is 2.16. The van der Waals surface area contributed by atoms with Crippen molar-refractivity contribution in [2.24, 2.45) is 0 Å². The predicted molar refractivity (Wildman–Crippen MR) is 97.9 cm³/mol. The van der Waals surface area contributed by atoms with Gasteiger partial charge in [0, 0.05) is 17.7 Å². The molecule has 1 atom stereocenters. The second-order valence-electron chi connectivity index (χ2n) is 5.95. The van der Waals surface area contributed by atoms with E-state index >= 15 is 0 Å². The molecule has 3 nitrogen and oxygen atoms in total. The van der Waals surface area contributed by atoms with Crippen LogP contribution in [0.15, 0.2) is 60.7 Å². The Hall–Kier alpha value is -3.15. The van der Waals surface area contributed by atoms with E-state index in [2.05, 4.69) is 5.32 Å². The minimum absolute atomic E-state index is 0.300. The van der Waals surface area contributed by atoms with Crippen LogP contribution in [0.25, 0.3) is 0 Å². The Labute approximate surface area is 155 Å². The Morgan fingerprint density at radius 1 is 0.815 bits per heavy atom. The van der Waals surface area contributed by atoms with Crippen molar-refractivity contribution in [3.05, 3.63) is 83.7 Å². The molecular weight excluding hydrogens is 355 g/mol. The number of hydrogen-bond acceptors (Lipinski definition) is 3. The highest BCUT2D eigenvalue weighted by atomic mass is 19.1. The summed E-state index contributed by atoms with van der Waals surface area (Å²) in [7, 11) is 1.44. The van der Waals surface area contributed by atoms with Crippen LogP contribution >= 0.6 is 0 Å². The molecular formula is C21H18F3NO2. The maximum absolute atomic E-state index is 13.8. The van der Waals surface area contributed by atoms with Crippen molar-refractivity contribution in [2.75, 3.05) is 12.4 Å². The van der Waals surface area contributed by atoms with Crippen molar-refractivity contribution in [3.8, 4) is 17.2 Å². The van der Waals surface area contributed by atoms with Gasteiger partial charge in [0.15, 0.2) is 0 Å². The van der Waals surface area contributed by atoms with E-state index in [-0.39, 0.29) is 0 Å². The molecule has 0 aliphatic heterocycles. The van der Waals surface area contributed by atoms with Gasteiger partial charge in [-0.1, -0.05) is 6.07 Å². The summed E-state index contributed by atoms with van der Waals surface area (Å²) in [4.78, 5) is 0. The third-order valence-electron chi connectivity index (χ3n) is 4.00. The first-order chi connectivity index (χ1) is 13.0. The SMILES string of the molecule is COc1cc(F)ccc1NC(C)c1cc(F)ccc1Oc1cccc(F)c1. The van der Waals surface area contributed by atoms with E-state index in [0.717, 1.165) is 0 Å². The van der Waals surface area contributed by atoms with E-state index in [1.54, 1.807) is 13.0 Å². The smallest absolute Gasteiger partial charge is 0.144 e. The van der Waals surface area contributed by atoms with Crippen LogP contribution in [0.1, 0.15) is 18.5 Å². The standard InChI is InChI=1S/C21H18F3NO2/c1-13(25-19-8-6-16(24)12-21(19)26-2)18-11-15(23)7-9-20(18)27-17-5-3-4-14(22)10-17/h3-13,25H,1-2H3. The van der Waals surface area contributed by atoms with Crippen molar-refractivity contribution in [1.82, 2.24) is 0 Å². The molecule has 3 aromatic carbocycles. The molecule has 6 heteroatoms. The molecule has 140 valence electrons. The number of benzene rings is 3. The lowest BCUT2D eigenvalue weighted by molar-refractivity contribution is 0.412. The number of methoxy groups -OCH3 is 1. The number of anilines is 1. The van der Waals surface area contributed by atoms with E-state index < -0.39 is 23.5 Å². The van der Waals surface area contributed by atoms with Gasteiger partial charge in [0.25, 0.3) is 0 Å². The van der Waals surface area contributed by atoms with Gasteiger partial charge in [-0.15, -0.1) is 0 Å². The molecule has 3 aromatic rings. The fourth-order valence-electron chi connectivity index (χ4n) is 2.70. The fourth-order valence-corrected chi connectivity index (χ4v) is 2.70. The molecule has 0 aromatic heterocycles. The van der Waals surface area contributed by atoms with Crippen molar-refractivity contribution in [1.29, 1.82) is 0 Å². The molecule has 0 amide bonds. The van der Waals surface area contributed by atoms with E-state index in [0.29, 0.717) is 28.5 Å². The van der Waals surface area contributed by atoms with Crippen LogP contribution < -0.4 is 14.8 Å². The van der Waals surface area contributed by atoms with Crippen LogP contribution in [0.5, 0.6) is 17.2 Å². The number of nitrogens with one attached hydrogen (secondary N) is 1. The quantitative estimate of drug-likeness (QED) is 0.568. The number of halogens is 3. The van der Waals surface area contributed by atoms with Gasteiger partial charge in [-0.25, -0.2) is 13.2 Å². The summed E-state index contributed by atoms with van der Waals surface area (Å²) in [5.41, 5.74) is 1.07. The summed E-state index contributed by atoms with van der Waals surface area (Å²) in [5, 5.41) is 3.16. The Balaban J connectivity index is 1.90. The summed E-state index contributed by atoms with van der Waals surface area (Å²) >= 11 is 0. The third kappa shape index (κ3) is 4.53. The highest BCUT2D eigenvalue weighted by Crippen LogP contribution is 2.34. The average molecular weight is 373 g/mol. The molecule has 0 aliphatic carbocycles. The normalized spacial score (nSPS) is 11.7. The van der Waals surface area contributed by atoms with Crippen molar-refractivity contribution < 1.29 is 22.6 Å². The Kier molecular flexibility index (Phi) is 5.54. The minimum atomic E-state index is -0.434. The van der Waals surface area contributed by atoms with Crippen molar-refractivity contribution in [2.45, 2.75) is 13.0 Å². The third-order valence-corrected chi connectivity index (χ3v) is 4.00. The zero-order valence-corrected chi connectivity index (χ0v) is 14.8. The van der Waals surface area contributed by atoms with Gasteiger partial charge in [-0.2, -0.15) is 0 Å². The molecule has 1 unspecified atom stereocenters. The number of ether oxygens (including phenoxy) is 2. The van der Waals surface area contributed by atoms with Crippen LogP contribution in [-0.4, -0.2) is 7.11 Å². The topological polar surface area (TPSA) is 30.5 Å². The van der Waals surface area contributed by atoms with Gasteiger partial charge in [-0.3, -0.25) is 0 Å². The van der Waals surface area contributed by atoms with Gasteiger partial charge in [0.1, 0.15) is 34.7 Å². The van der Waals surface area contributed by atoms with E-state index in [1.807, 2.05) is 0 Å². The van der Waals surface area contributed by atoms with E-state index in [1.165, 1.54) is 61.7 Å². The molecule has 0 heterocycles. The summed E-state index contributed by atoms with van der Waals surface area (Å²) in [6.07, 6.45) is 0. The Morgan fingerprint density at radius 2 is 1.52 bits per heavy atom. The van der Waals surface area contributed by atoms with Gasteiger partial charge in [-0.05, 0) is 49.4 Å². The molecule has 1 N–H and O–H groups in total. The van der Waals surface area contributed by atoms with Crippen LogP contribution in [0.2, 0.25) is 0 Å². The highest BCUT2D eigenvalue weighted by molar-refractivity contribution is 5.58. The molecule has 0 saturated carbocycles. The van der Waals surface area contributed by atoms with Gasteiger partial charge < -0.3 is 14.8 Å². The molecule has 0 saturated heterocycles. The zero-order valence-electron chi connectivity index (χ0n) is 14.8. The van der Waals surface area contributed by atoms with Crippen molar-refractivity contribution in [3.63, 3.8) is 0 Å². The Bertz CT molecular complexity index is 946. The molecule has 0 spiro atoms. The first-order valence-electron chi connectivity index (χ1n) is 8.29. The lowest BCUT2D eigenvalue weighted by atomic mass is 10.1. The van der Waals surface area contributed by atoms with Crippen LogP contribution in [0.4, 0.5) is 18.9 Å². The van der Waals surface area contributed by atoms with Gasteiger partial charge >= 0.3 is 0 Å². The molecule has 0 fully saturated rings. The second kappa shape index (κ2) is 8.03. The lowest BCUT2D eigenvalue weighted by Crippen LogP contribution is -2.09. The Morgan fingerprint density at radius 3 is 2.26 bits per heavy atom. The lowest BCUT2D eigenvalue weighted by Gasteiger charge is -2.21. The maximum atomic E-state index is 13.8. The zero-order chi connectivity index (χ0) is 19.4. The largest absolute Gasteiger partial charge is 0.494 e. The maximum Gasteiger partial charge on any atom is 0.144 e. The molecule has 27 heavy (non-hydrogen) atoms. The number of hydrogen-bond donors (Lipinski definition) is 1. The average Bonchev–Trinajstić information content (AvgIpc) is 2.64. The van der Waals surface area contributed by atoms with Crippen LogP contribution in [0, 0.1) is 17.5 Å². The van der Waals surface area contributed by atoms with Crippen LogP contribution in [-0.2, 0) is 0 Å². The predicted octanol–water partition coefficient (Wildman–Crippen LogP) is 6.08. The van der Waals surface area contributed by atoms with Gasteiger partial charge in [0.05, 0.1) is 18.8 Å². The summed E-state index contributed by atoms with van der Waals surface area (Å²) in [5.74, 6) is -0.288. The summed E-state index contributed by atoms with van der Waals surface area (Å²) < 4.78 is 51.5. The second-order valence-corrected chi connectivity index (χ2v) is 5.95. The number of rotatable bonds is 6.